The first-order chi connectivity index (χ1) is 68.9. The molecule has 1 N–H and O–H groups in total. The lowest BCUT2D eigenvalue weighted by atomic mass is 10.0. The van der Waals surface area contributed by atoms with E-state index in [1.807, 2.05) is 144 Å². The quantitative estimate of drug-likeness (QED) is 0.123. The van der Waals surface area contributed by atoms with E-state index in [9.17, 15) is 0 Å². The maximum atomic E-state index is 15.9. The van der Waals surface area contributed by atoms with Gasteiger partial charge in [-0.2, -0.15) is 0 Å². The molecule has 0 aliphatic heterocycles. The van der Waals surface area contributed by atoms with E-state index >= 15 is 4.39 Å². The van der Waals surface area contributed by atoms with Gasteiger partial charge in [-0.1, -0.05) is 352 Å². The first-order valence-electron chi connectivity index (χ1n) is 46.7. The summed E-state index contributed by atoms with van der Waals surface area (Å²) in [6, 6.07) is 169. The number of nitrogens with zero attached hydrogens (tertiary/aromatic N) is 11. The van der Waals surface area contributed by atoms with Crippen molar-refractivity contribution >= 4 is 131 Å². The van der Waals surface area contributed by atoms with Gasteiger partial charge in [-0.3, -0.25) is 0 Å². The summed E-state index contributed by atoms with van der Waals surface area (Å²) in [5, 5.41) is 14.4. The van der Waals surface area contributed by atoms with E-state index in [-0.39, 0.29) is 5.82 Å². The van der Waals surface area contributed by atoms with Crippen LogP contribution in [0.25, 0.3) is 250 Å². The summed E-state index contributed by atoms with van der Waals surface area (Å²) in [5.41, 5.74) is 27.9. The molecule has 13 heteroatoms. The van der Waals surface area contributed by atoms with Crippen LogP contribution in [0, 0.1) is 5.82 Å². The molecule has 139 heavy (non-hydrogen) atoms. The Morgan fingerprint density at radius 1 is 0.165 bits per heavy atom. The molecular formula is C126H81FN12. The zero-order valence-corrected chi connectivity index (χ0v) is 75.0. The number of hydrogen-bond acceptors (Lipinski definition) is 6. The van der Waals surface area contributed by atoms with Crippen molar-refractivity contribution < 1.29 is 4.39 Å². The van der Waals surface area contributed by atoms with Gasteiger partial charge >= 0.3 is 0 Å². The summed E-state index contributed by atoms with van der Waals surface area (Å²) in [6.45, 7) is 0. The molecule has 8 aromatic heterocycles. The molecule has 28 rings (SSSR count). The summed E-state index contributed by atoms with van der Waals surface area (Å²) in [5.74, 6) is 2.95. The minimum Gasteiger partial charge on any atom is -0.354 e. The van der Waals surface area contributed by atoms with Gasteiger partial charge in [-0.25, -0.2) is 34.3 Å². The van der Waals surface area contributed by atoms with Crippen LogP contribution >= 0.6 is 0 Å². The van der Waals surface area contributed by atoms with Crippen molar-refractivity contribution in [1.82, 2.24) is 57.7 Å². The van der Waals surface area contributed by atoms with Crippen molar-refractivity contribution in [3.8, 4) is 119 Å². The van der Waals surface area contributed by atoms with Crippen LogP contribution in [0.2, 0.25) is 0 Å². The summed E-state index contributed by atoms with van der Waals surface area (Å²) >= 11 is 0. The van der Waals surface area contributed by atoms with E-state index in [2.05, 4.69) is 357 Å². The van der Waals surface area contributed by atoms with E-state index in [4.69, 9.17) is 29.9 Å². The molecule has 0 radical (unpaired) electrons. The number of fused-ring (bicyclic) bond motifs is 18. The molecule has 0 bridgehead atoms. The molecule has 28 aromatic rings. The van der Waals surface area contributed by atoms with Crippen LogP contribution in [-0.2, 0) is 0 Å². The fraction of sp³-hybridized carbons (Fsp3) is 0. The van der Waals surface area contributed by atoms with Crippen LogP contribution in [0.3, 0.4) is 0 Å². The maximum Gasteiger partial charge on any atom is 0.166 e. The van der Waals surface area contributed by atoms with Crippen LogP contribution in [0.4, 0.5) is 4.39 Å². The second kappa shape index (κ2) is 34.0. The Labute approximate surface area is 797 Å². The van der Waals surface area contributed by atoms with Crippen molar-refractivity contribution in [2.45, 2.75) is 0 Å². The number of halogens is 1. The Bertz CT molecular complexity index is 9440. The van der Waals surface area contributed by atoms with Gasteiger partial charge in [0, 0.05) is 120 Å². The zero-order valence-electron chi connectivity index (χ0n) is 75.0. The minimum atomic E-state index is -0.350. The first kappa shape index (κ1) is 81.0. The Morgan fingerprint density at radius 3 is 0.863 bits per heavy atom. The summed E-state index contributed by atoms with van der Waals surface area (Å²) in [4.78, 5) is 33.9. The highest BCUT2D eigenvalue weighted by molar-refractivity contribution is 6.17. The second-order valence-corrected chi connectivity index (χ2v) is 35.0. The van der Waals surface area contributed by atoms with Gasteiger partial charge in [0.2, 0.25) is 0 Å². The molecule has 0 atom stereocenters. The van der Waals surface area contributed by atoms with Crippen molar-refractivity contribution in [2.24, 2.45) is 0 Å². The number of aromatic nitrogens is 12. The Balaban J connectivity index is 0.000000119. The Hall–Kier alpha value is -18.9. The van der Waals surface area contributed by atoms with E-state index in [1.165, 1.54) is 110 Å². The third-order valence-electron chi connectivity index (χ3n) is 27.0. The maximum absolute atomic E-state index is 15.9. The largest absolute Gasteiger partial charge is 0.354 e. The third-order valence-corrected chi connectivity index (χ3v) is 27.0. The molecule has 0 amide bonds. The molecule has 12 nitrogen and oxygen atoms in total. The van der Waals surface area contributed by atoms with E-state index in [0.717, 1.165) is 99.9 Å². The number of para-hydroxylation sites is 12. The first-order valence-corrected chi connectivity index (χ1v) is 46.7. The third kappa shape index (κ3) is 14.1. The molecule has 0 fully saturated rings. The van der Waals surface area contributed by atoms with Gasteiger partial charge in [-0.15, -0.1) is 0 Å². The number of nitrogens with one attached hydrogen (secondary N) is 1. The van der Waals surface area contributed by atoms with E-state index in [1.54, 1.807) is 6.07 Å². The fourth-order valence-corrected chi connectivity index (χ4v) is 20.7. The number of aromatic amines is 1. The molecule has 0 aliphatic carbocycles. The highest BCUT2D eigenvalue weighted by Crippen LogP contribution is 2.47. The smallest absolute Gasteiger partial charge is 0.166 e. The van der Waals surface area contributed by atoms with Gasteiger partial charge < -0.3 is 27.8 Å². The molecule has 0 unspecified atom stereocenters. The van der Waals surface area contributed by atoms with Crippen LogP contribution < -0.4 is 0 Å². The van der Waals surface area contributed by atoms with Gasteiger partial charge in [0.05, 0.1) is 72.2 Å². The van der Waals surface area contributed by atoms with Crippen LogP contribution in [0.15, 0.2) is 485 Å². The van der Waals surface area contributed by atoms with Crippen LogP contribution in [0.1, 0.15) is 0 Å². The molecule has 8 heterocycles. The second-order valence-electron chi connectivity index (χ2n) is 35.0. The molecule has 0 spiro atoms. The number of rotatable bonds is 13. The average Bonchev–Trinajstić information content (AvgIpc) is 1.56. The van der Waals surface area contributed by atoms with Crippen LogP contribution in [-0.4, -0.2) is 57.7 Å². The highest BCUT2D eigenvalue weighted by atomic mass is 19.1. The Morgan fingerprint density at radius 2 is 0.446 bits per heavy atom. The molecule has 0 saturated carbocycles. The molecular weight excluding hydrogens is 1700 g/mol. The predicted molar refractivity (Wildman–Crippen MR) is 571 cm³/mol. The predicted octanol–water partition coefficient (Wildman–Crippen LogP) is 32.0. The minimum absolute atomic E-state index is 0.350. The van der Waals surface area contributed by atoms with Crippen LogP contribution in [0.5, 0.6) is 0 Å². The van der Waals surface area contributed by atoms with E-state index < -0.39 is 0 Å². The van der Waals surface area contributed by atoms with Gasteiger partial charge in [0.25, 0.3) is 0 Å². The SMILES string of the molecule is Fc1cccc(-c2nc(-c3ccccc3)nc(-c3ccccc3)n2)c1-n1c2ccccc2c2ccccc21.c1ccc(-c2nc(-c3ccccc3)nc(-c3cccc(-n4c5ccccc5c5ccc(-c6ccc7c(c6)c6ccccc6n7-c6ccccc6)cc54)c3-n3c4ccccc4c4ccccc43)n2)cc1.c1ccc(-n2c3ccccc3c3cc(-c4ccc5c(c4)[nH]c4ccccc45)ccc32)cc1. The lowest BCUT2D eigenvalue weighted by Gasteiger charge is -2.20. The fourth-order valence-electron chi connectivity index (χ4n) is 20.7. The average molecular weight is 1780 g/mol. The van der Waals surface area contributed by atoms with E-state index in [0.29, 0.717) is 46.2 Å². The van der Waals surface area contributed by atoms with Crippen molar-refractivity contribution in [3.63, 3.8) is 0 Å². The zero-order chi connectivity index (χ0) is 92.0. The number of H-pyrrole nitrogens is 1. The van der Waals surface area contributed by atoms with Crippen molar-refractivity contribution in [1.29, 1.82) is 0 Å². The number of benzene rings is 20. The monoisotopic (exact) mass is 1780 g/mol. The normalized spacial score (nSPS) is 11.6. The summed E-state index contributed by atoms with van der Waals surface area (Å²) < 4.78 is 27.5. The molecule has 20 aromatic carbocycles. The topological polar surface area (TPSA) is 118 Å². The molecule has 0 aliphatic rings. The number of hydrogen-bond donors (Lipinski definition) is 1. The van der Waals surface area contributed by atoms with Crippen molar-refractivity contribution in [2.75, 3.05) is 0 Å². The summed E-state index contributed by atoms with van der Waals surface area (Å²) in [7, 11) is 0. The lowest BCUT2D eigenvalue weighted by molar-refractivity contribution is 0.621. The molecule has 0 saturated heterocycles. The Kier molecular flexibility index (Phi) is 19.8. The van der Waals surface area contributed by atoms with Gasteiger partial charge in [0.1, 0.15) is 5.82 Å². The highest BCUT2D eigenvalue weighted by Gasteiger charge is 2.28. The standard InChI is InChI=1S/C63H40N6.C33H21FN4.C30H20N2/c1-4-19-41(20-5-1)61-64-62(42-21-6-2-7-22-42)66-63(65-61)51-29-18-34-58(60(51)69-55-32-16-11-25-46(55)47-26-12-17-33-56(47)69)68-54-31-15-10-27-48(54)50-37-35-44(40-59(50)68)43-36-38-57-52(39-43)49-28-13-14-30-53(49)67(57)45-23-8-3-9-24-45;34-27-19-11-18-26(30(27)38-28-20-9-7-16-24(28)25-17-8-10-21-29(25)38)33-36-31(22-12-3-1-4-13-22)35-32(37-33)23-14-5-2-6-15-23;1-2-8-22(9-3-1)32-29-13-7-5-11-25(29)26-18-20(15-17-30(26)32)21-14-16-24-23-10-4-6-12-27(23)31-28(24)19-21/h1-40H;1-21H;1-19,31H. The van der Waals surface area contributed by atoms with Gasteiger partial charge in [0.15, 0.2) is 34.9 Å². The summed E-state index contributed by atoms with van der Waals surface area (Å²) in [6.07, 6.45) is 0. The van der Waals surface area contributed by atoms with Gasteiger partial charge in [-0.05, 0) is 156 Å². The lowest BCUT2D eigenvalue weighted by Crippen LogP contribution is -2.08. The molecule has 652 valence electrons. The van der Waals surface area contributed by atoms with Crippen molar-refractivity contribution in [3.05, 3.63) is 491 Å².